The second-order valence-electron chi connectivity index (χ2n) is 5.28. The summed E-state index contributed by atoms with van der Waals surface area (Å²) in [5, 5.41) is 8.90. The Morgan fingerprint density at radius 2 is 2.21 bits per heavy atom. The van der Waals surface area contributed by atoms with E-state index in [-0.39, 0.29) is 5.91 Å². The topological polar surface area (TPSA) is 47.3 Å². The van der Waals surface area contributed by atoms with Crippen LogP contribution in [0.4, 0.5) is 0 Å². The number of amides is 1. The number of nitrogens with zero attached hydrogens (tertiary/aromatic N) is 3. The number of hydrogen-bond donors (Lipinski definition) is 0. The van der Waals surface area contributed by atoms with Gasteiger partial charge in [-0.3, -0.25) is 9.69 Å². The fourth-order valence-corrected chi connectivity index (χ4v) is 3.08. The van der Waals surface area contributed by atoms with Gasteiger partial charge in [-0.05, 0) is 37.6 Å². The van der Waals surface area contributed by atoms with Crippen LogP contribution in [0.5, 0.6) is 0 Å². The van der Waals surface area contributed by atoms with Gasteiger partial charge in [0.1, 0.15) is 0 Å². The fourth-order valence-electron chi connectivity index (χ4n) is 3.08. The second kappa shape index (κ2) is 5.02. The molecule has 0 aromatic heterocycles. The molecule has 19 heavy (non-hydrogen) atoms. The van der Waals surface area contributed by atoms with Gasteiger partial charge in [0.15, 0.2) is 0 Å². The summed E-state index contributed by atoms with van der Waals surface area (Å²) in [5.41, 5.74) is 1.18. The van der Waals surface area contributed by atoms with Crippen LogP contribution in [0.2, 0.25) is 0 Å². The van der Waals surface area contributed by atoms with E-state index in [0.717, 1.165) is 19.6 Å². The van der Waals surface area contributed by atoms with Crippen LogP contribution < -0.4 is 0 Å². The summed E-state index contributed by atoms with van der Waals surface area (Å²) in [6.45, 7) is 3.78. The molecule has 0 radical (unpaired) electrons. The summed E-state index contributed by atoms with van der Waals surface area (Å²) < 4.78 is 0. The predicted molar refractivity (Wildman–Crippen MR) is 71.7 cm³/mol. The summed E-state index contributed by atoms with van der Waals surface area (Å²) in [6, 6.07) is 9.60. The third-order valence-electron chi connectivity index (χ3n) is 4.11. The molecule has 1 amide bonds. The molecule has 2 aliphatic rings. The van der Waals surface area contributed by atoms with Crippen LogP contribution in [0.1, 0.15) is 28.8 Å². The summed E-state index contributed by atoms with van der Waals surface area (Å²) >= 11 is 0. The van der Waals surface area contributed by atoms with Crippen molar-refractivity contribution in [2.75, 3.05) is 26.2 Å². The highest BCUT2D eigenvalue weighted by atomic mass is 16.2. The van der Waals surface area contributed by atoms with Gasteiger partial charge in [0.2, 0.25) is 0 Å². The minimum absolute atomic E-state index is 0.0589. The first kappa shape index (κ1) is 12.2. The zero-order valence-corrected chi connectivity index (χ0v) is 10.9. The van der Waals surface area contributed by atoms with Crippen molar-refractivity contribution in [3.63, 3.8) is 0 Å². The number of carbonyl (C=O) groups excluding carboxylic acids is 1. The van der Waals surface area contributed by atoms with Crippen LogP contribution in [0, 0.1) is 11.3 Å². The summed E-state index contributed by atoms with van der Waals surface area (Å²) in [4.78, 5) is 16.9. The second-order valence-corrected chi connectivity index (χ2v) is 5.28. The van der Waals surface area contributed by atoms with Crippen molar-refractivity contribution >= 4 is 5.91 Å². The molecule has 3 rings (SSSR count). The molecule has 4 nitrogen and oxygen atoms in total. The summed E-state index contributed by atoms with van der Waals surface area (Å²) in [5.74, 6) is 0.0589. The van der Waals surface area contributed by atoms with Gasteiger partial charge in [-0.2, -0.15) is 5.26 Å². The zero-order valence-electron chi connectivity index (χ0n) is 10.9. The third-order valence-corrected chi connectivity index (χ3v) is 4.11. The van der Waals surface area contributed by atoms with E-state index in [0.29, 0.717) is 17.2 Å². The van der Waals surface area contributed by atoms with E-state index in [9.17, 15) is 4.79 Å². The van der Waals surface area contributed by atoms with Crippen LogP contribution in [0.25, 0.3) is 0 Å². The molecule has 0 aliphatic carbocycles. The van der Waals surface area contributed by atoms with Crippen LogP contribution in [0.3, 0.4) is 0 Å². The molecule has 0 spiro atoms. The molecule has 1 aromatic carbocycles. The molecular formula is C15H17N3O. The Morgan fingerprint density at radius 3 is 3.05 bits per heavy atom. The molecular weight excluding hydrogens is 238 g/mol. The van der Waals surface area contributed by atoms with Crippen LogP contribution in [0.15, 0.2) is 24.3 Å². The number of benzene rings is 1. The first-order valence-corrected chi connectivity index (χ1v) is 6.81. The Kier molecular flexibility index (Phi) is 3.22. The SMILES string of the molecule is N#Cc1cccc(C(=O)N2CCN3CCCC3C2)c1. The minimum Gasteiger partial charge on any atom is -0.336 e. The van der Waals surface area contributed by atoms with Crippen molar-refractivity contribution < 1.29 is 4.79 Å². The molecule has 1 aromatic rings. The largest absolute Gasteiger partial charge is 0.336 e. The highest BCUT2D eigenvalue weighted by molar-refractivity contribution is 5.94. The van der Waals surface area contributed by atoms with Crippen LogP contribution in [-0.2, 0) is 0 Å². The van der Waals surface area contributed by atoms with Crippen molar-refractivity contribution in [1.82, 2.24) is 9.80 Å². The Hall–Kier alpha value is -1.86. The van der Waals surface area contributed by atoms with Gasteiger partial charge < -0.3 is 4.90 Å². The Labute approximate surface area is 113 Å². The van der Waals surface area contributed by atoms with Gasteiger partial charge in [0.05, 0.1) is 11.6 Å². The maximum atomic E-state index is 12.5. The van der Waals surface area contributed by atoms with Gasteiger partial charge in [-0.1, -0.05) is 6.07 Å². The standard InChI is InChI=1S/C15H17N3O/c16-10-12-3-1-4-13(9-12)15(19)18-8-7-17-6-2-5-14(17)11-18/h1,3-4,9,14H,2,5-8,11H2. The summed E-state index contributed by atoms with van der Waals surface area (Å²) in [6.07, 6.45) is 2.44. The molecule has 0 saturated carbocycles. The lowest BCUT2D eigenvalue weighted by Crippen LogP contribution is -2.52. The lowest BCUT2D eigenvalue weighted by Gasteiger charge is -2.37. The van der Waals surface area contributed by atoms with Gasteiger partial charge >= 0.3 is 0 Å². The lowest BCUT2D eigenvalue weighted by atomic mass is 10.1. The Morgan fingerprint density at radius 1 is 1.32 bits per heavy atom. The molecule has 0 N–H and O–H groups in total. The van der Waals surface area contributed by atoms with Crippen molar-refractivity contribution in [2.45, 2.75) is 18.9 Å². The zero-order chi connectivity index (χ0) is 13.2. The lowest BCUT2D eigenvalue weighted by molar-refractivity contribution is 0.0571. The van der Waals surface area contributed by atoms with Gasteiger partial charge in [-0.15, -0.1) is 0 Å². The maximum absolute atomic E-state index is 12.5. The number of fused-ring (bicyclic) bond motifs is 1. The first-order valence-electron chi connectivity index (χ1n) is 6.81. The van der Waals surface area contributed by atoms with E-state index < -0.39 is 0 Å². The molecule has 0 bridgehead atoms. The fraction of sp³-hybridized carbons (Fsp3) is 0.467. The van der Waals surface area contributed by atoms with Gasteiger partial charge in [-0.25, -0.2) is 0 Å². The molecule has 2 heterocycles. The quantitative estimate of drug-likeness (QED) is 0.763. The van der Waals surface area contributed by atoms with E-state index in [1.165, 1.54) is 19.4 Å². The smallest absolute Gasteiger partial charge is 0.253 e. The molecule has 2 fully saturated rings. The highest BCUT2D eigenvalue weighted by Crippen LogP contribution is 2.22. The van der Waals surface area contributed by atoms with E-state index in [2.05, 4.69) is 11.0 Å². The molecule has 98 valence electrons. The van der Waals surface area contributed by atoms with E-state index in [1.807, 2.05) is 4.90 Å². The van der Waals surface area contributed by atoms with Crippen molar-refractivity contribution in [3.8, 4) is 6.07 Å². The first-order chi connectivity index (χ1) is 9.28. The number of rotatable bonds is 1. The molecule has 4 heteroatoms. The number of hydrogen-bond acceptors (Lipinski definition) is 3. The summed E-state index contributed by atoms with van der Waals surface area (Å²) in [7, 11) is 0. The number of carbonyl (C=O) groups is 1. The van der Waals surface area contributed by atoms with E-state index in [4.69, 9.17) is 5.26 Å². The van der Waals surface area contributed by atoms with Crippen LogP contribution >= 0.6 is 0 Å². The normalized spacial score (nSPS) is 22.9. The molecule has 1 atom stereocenters. The average Bonchev–Trinajstić information content (AvgIpc) is 2.94. The molecule has 1 unspecified atom stereocenters. The van der Waals surface area contributed by atoms with Crippen LogP contribution in [-0.4, -0.2) is 47.9 Å². The maximum Gasteiger partial charge on any atom is 0.253 e. The molecule has 2 aliphatic heterocycles. The van der Waals surface area contributed by atoms with E-state index in [1.54, 1.807) is 24.3 Å². The monoisotopic (exact) mass is 255 g/mol. The van der Waals surface area contributed by atoms with Gasteiger partial charge in [0.25, 0.3) is 5.91 Å². The highest BCUT2D eigenvalue weighted by Gasteiger charge is 2.32. The van der Waals surface area contributed by atoms with Gasteiger partial charge in [0, 0.05) is 31.2 Å². The Balaban J connectivity index is 1.75. The predicted octanol–water partition coefficient (Wildman–Crippen LogP) is 1.48. The third kappa shape index (κ3) is 2.34. The van der Waals surface area contributed by atoms with Crippen molar-refractivity contribution in [2.24, 2.45) is 0 Å². The number of nitriles is 1. The average molecular weight is 255 g/mol. The molecule has 2 saturated heterocycles. The van der Waals surface area contributed by atoms with Crippen molar-refractivity contribution in [1.29, 1.82) is 5.26 Å². The van der Waals surface area contributed by atoms with Crippen molar-refractivity contribution in [3.05, 3.63) is 35.4 Å². The van der Waals surface area contributed by atoms with E-state index >= 15 is 0 Å². The Bertz CT molecular complexity index is 534. The number of piperazine rings is 1. The minimum atomic E-state index is 0.0589.